The van der Waals surface area contributed by atoms with Crippen LogP contribution in [0.15, 0.2) is 18.6 Å². The van der Waals surface area contributed by atoms with E-state index in [1.807, 2.05) is 51.4 Å². The quantitative estimate of drug-likeness (QED) is 0.757. The fourth-order valence-corrected chi connectivity index (χ4v) is 2.38. The molecular weight excluding hydrogens is 253 g/mol. The molecule has 3 rings (SSSR count). The smallest absolute Gasteiger partial charge is 0.233 e. The summed E-state index contributed by atoms with van der Waals surface area (Å²) < 4.78 is 15.3. The molecule has 0 radical (unpaired) electrons. The molecule has 1 fully saturated rings. The van der Waals surface area contributed by atoms with Crippen LogP contribution in [0, 0.1) is 6.92 Å². The maximum atomic E-state index is 13.4. The highest BCUT2D eigenvalue weighted by atomic mass is 19.1. The number of halogens is 1. The Hall–Kier alpha value is -1.45. The van der Waals surface area contributed by atoms with Gasteiger partial charge in [-0.05, 0) is 32.3 Å². The van der Waals surface area contributed by atoms with Gasteiger partial charge >= 0.3 is 0 Å². The minimum absolute atomic E-state index is 0.261. The van der Waals surface area contributed by atoms with Gasteiger partial charge in [0.25, 0.3) is 0 Å². The van der Waals surface area contributed by atoms with Crippen LogP contribution in [0.5, 0.6) is 0 Å². The first kappa shape index (κ1) is 16.6. The highest BCUT2D eigenvalue weighted by Crippen LogP contribution is 2.46. The van der Waals surface area contributed by atoms with Gasteiger partial charge in [0.1, 0.15) is 5.67 Å². The number of aromatic nitrogens is 3. The predicted octanol–water partition coefficient (Wildman–Crippen LogP) is 4.70. The van der Waals surface area contributed by atoms with Crippen molar-refractivity contribution in [1.29, 1.82) is 0 Å². The zero-order chi connectivity index (χ0) is 15.3. The summed E-state index contributed by atoms with van der Waals surface area (Å²) in [5.41, 5.74) is 1.07. The largest absolute Gasteiger partial charge is 0.291 e. The molecule has 1 aliphatic rings. The number of rotatable bonds is 1. The number of hydrogen-bond donors (Lipinski definition) is 0. The first-order valence-electron chi connectivity index (χ1n) is 7.54. The normalized spacial score (nSPS) is 24.1. The summed E-state index contributed by atoms with van der Waals surface area (Å²) in [6.07, 6.45) is 6.92. The van der Waals surface area contributed by atoms with E-state index in [9.17, 15) is 4.39 Å². The Kier molecular flexibility index (Phi) is 5.66. The molecule has 20 heavy (non-hydrogen) atoms. The molecule has 0 spiro atoms. The number of imidazole rings is 1. The number of fused-ring (bicyclic) bond motifs is 1. The molecule has 1 saturated carbocycles. The molecule has 2 aromatic heterocycles. The lowest BCUT2D eigenvalue weighted by molar-refractivity contribution is 0.0602. The molecule has 0 aliphatic heterocycles. The van der Waals surface area contributed by atoms with Crippen molar-refractivity contribution in [2.75, 3.05) is 0 Å². The fourth-order valence-electron chi connectivity index (χ4n) is 2.38. The molecule has 0 aromatic carbocycles. The van der Waals surface area contributed by atoms with Crippen molar-refractivity contribution in [2.24, 2.45) is 0 Å². The molecule has 0 atom stereocenters. The molecular formula is C16H26FN3. The minimum Gasteiger partial charge on any atom is -0.291 e. The molecule has 112 valence electrons. The first-order valence-corrected chi connectivity index (χ1v) is 7.54. The van der Waals surface area contributed by atoms with Crippen LogP contribution in [0.3, 0.4) is 0 Å². The lowest BCUT2D eigenvalue weighted by Gasteiger charge is -2.37. The van der Waals surface area contributed by atoms with E-state index >= 15 is 0 Å². The van der Waals surface area contributed by atoms with Gasteiger partial charge in [0, 0.05) is 24.5 Å². The van der Waals surface area contributed by atoms with Crippen molar-refractivity contribution in [3.63, 3.8) is 0 Å². The van der Waals surface area contributed by atoms with Crippen molar-refractivity contribution in [3.05, 3.63) is 29.8 Å². The molecule has 0 N–H and O–H groups in total. The number of nitrogens with zero attached hydrogens (tertiary/aromatic N) is 3. The summed E-state index contributed by atoms with van der Waals surface area (Å²) in [5, 5.41) is 0. The Balaban J connectivity index is 0.000000461. The Morgan fingerprint density at radius 2 is 1.80 bits per heavy atom. The van der Waals surface area contributed by atoms with Crippen LogP contribution < -0.4 is 0 Å². The molecule has 0 saturated heterocycles. The molecule has 2 aromatic rings. The Morgan fingerprint density at radius 1 is 1.20 bits per heavy atom. The average Bonchev–Trinajstić information content (AvgIpc) is 2.83. The zero-order valence-corrected chi connectivity index (χ0v) is 13.4. The van der Waals surface area contributed by atoms with Gasteiger partial charge in [0.15, 0.2) is 0 Å². The molecule has 0 bridgehead atoms. The van der Waals surface area contributed by atoms with Crippen LogP contribution in [-0.2, 0) is 0 Å². The van der Waals surface area contributed by atoms with E-state index in [0.717, 1.165) is 11.3 Å². The highest BCUT2D eigenvalue weighted by Gasteiger charge is 2.42. The predicted molar refractivity (Wildman–Crippen MR) is 81.9 cm³/mol. The summed E-state index contributed by atoms with van der Waals surface area (Å²) in [6.45, 7) is 11.6. The fraction of sp³-hybridized carbons (Fsp3) is 0.625. The van der Waals surface area contributed by atoms with Crippen molar-refractivity contribution in [3.8, 4) is 0 Å². The monoisotopic (exact) mass is 279 g/mol. The van der Waals surface area contributed by atoms with Gasteiger partial charge in [-0.1, -0.05) is 27.7 Å². The number of hydrogen-bond acceptors (Lipinski definition) is 2. The summed E-state index contributed by atoms with van der Waals surface area (Å²) in [6, 6.07) is 0. The molecule has 4 heteroatoms. The molecule has 2 heterocycles. The molecule has 1 aliphatic carbocycles. The SMILES string of the molecule is CC.CC.Cc1cnc2nc(C3CC(C)(F)C3)cn2c1. The Labute approximate surface area is 121 Å². The van der Waals surface area contributed by atoms with E-state index in [0.29, 0.717) is 18.6 Å². The van der Waals surface area contributed by atoms with Crippen LogP contribution in [-0.4, -0.2) is 20.0 Å². The van der Waals surface area contributed by atoms with E-state index in [4.69, 9.17) is 0 Å². The summed E-state index contributed by atoms with van der Waals surface area (Å²) in [7, 11) is 0. The highest BCUT2D eigenvalue weighted by molar-refractivity contribution is 5.33. The maximum Gasteiger partial charge on any atom is 0.233 e. The second kappa shape index (κ2) is 6.82. The molecule has 0 unspecified atom stereocenters. The van der Waals surface area contributed by atoms with Gasteiger partial charge in [-0.3, -0.25) is 4.40 Å². The summed E-state index contributed by atoms with van der Waals surface area (Å²) in [5.74, 6) is 0.963. The van der Waals surface area contributed by atoms with Crippen molar-refractivity contribution < 1.29 is 4.39 Å². The average molecular weight is 279 g/mol. The third kappa shape index (κ3) is 3.56. The second-order valence-corrected chi connectivity index (χ2v) is 5.02. The van der Waals surface area contributed by atoms with Gasteiger partial charge in [-0.25, -0.2) is 14.4 Å². The minimum atomic E-state index is -0.996. The Bertz CT molecular complexity index is 538. The second-order valence-electron chi connectivity index (χ2n) is 5.02. The van der Waals surface area contributed by atoms with Crippen molar-refractivity contribution >= 4 is 5.78 Å². The summed E-state index contributed by atoms with van der Waals surface area (Å²) in [4.78, 5) is 8.66. The zero-order valence-electron chi connectivity index (χ0n) is 13.4. The van der Waals surface area contributed by atoms with Crippen LogP contribution in [0.25, 0.3) is 5.78 Å². The molecule has 3 nitrogen and oxygen atoms in total. The molecule has 0 amide bonds. The van der Waals surface area contributed by atoms with Crippen LogP contribution in [0.4, 0.5) is 4.39 Å². The van der Waals surface area contributed by atoms with E-state index < -0.39 is 5.67 Å². The topological polar surface area (TPSA) is 30.2 Å². The lowest BCUT2D eigenvalue weighted by atomic mass is 9.72. The number of aryl methyl sites for hydroxylation is 1. The van der Waals surface area contributed by atoms with Gasteiger partial charge in [-0.15, -0.1) is 0 Å². The van der Waals surface area contributed by atoms with Crippen LogP contribution >= 0.6 is 0 Å². The van der Waals surface area contributed by atoms with E-state index in [-0.39, 0.29) is 5.92 Å². The van der Waals surface area contributed by atoms with Crippen molar-refractivity contribution in [1.82, 2.24) is 14.4 Å². The standard InChI is InChI=1S/C12H14FN3.2C2H6/c1-8-5-14-11-15-10(7-16(11)6-8)9-3-12(2,13)4-9;2*1-2/h5-7,9H,3-4H2,1-2H3;2*1-2H3. The maximum absolute atomic E-state index is 13.4. The van der Waals surface area contributed by atoms with Crippen molar-refractivity contribution in [2.45, 2.75) is 66.0 Å². The van der Waals surface area contributed by atoms with E-state index in [1.54, 1.807) is 13.1 Å². The first-order chi connectivity index (χ1) is 9.53. The van der Waals surface area contributed by atoms with E-state index in [1.165, 1.54) is 0 Å². The van der Waals surface area contributed by atoms with Crippen LogP contribution in [0.2, 0.25) is 0 Å². The Morgan fingerprint density at radius 3 is 2.35 bits per heavy atom. The van der Waals surface area contributed by atoms with Gasteiger partial charge < -0.3 is 0 Å². The van der Waals surface area contributed by atoms with E-state index in [2.05, 4.69) is 9.97 Å². The van der Waals surface area contributed by atoms with Gasteiger partial charge in [0.2, 0.25) is 5.78 Å². The lowest BCUT2D eigenvalue weighted by Crippen LogP contribution is -2.35. The third-order valence-electron chi connectivity index (χ3n) is 3.22. The van der Waals surface area contributed by atoms with Gasteiger partial charge in [0.05, 0.1) is 5.69 Å². The third-order valence-corrected chi connectivity index (χ3v) is 3.22. The van der Waals surface area contributed by atoms with Gasteiger partial charge in [-0.2, -0.15) is 0 Å². The van der Waals surface area contributed by atoms with Crippen LogP contribution in [0.1, 0.15) is 64.6 Å². The summed E-state index contributed by atoms with van der Waals surface area (Å²) >= 11 is 0. The number of alkyl halides is 1.